The molecule has 2 heterocycles. The van der Waals surface area contributed by atoms with E-state index in [1.54, 1.807) is 0 Å². The predicted molar refractivity (Wildman–Crippen MR) is 94.9 cm³/mol. The van der Waals surface area contributed by atoms with Crippen molar-refractivity contribution in [3.8, 4) is 5.88 Å². The Kier molecular flexibility index (Phi) is 5.95. The third-order valence-corrected chi connectivity index (χ3v) is 4.08. The highest BCUT2D eigenvalue weighted by molar-refractivity contribution is 5.94. The van der Waals surface area contributed by atoms with Gasteiger partial charge in [-0.15, -0.1) is 0 Å². The number of aromatic nitrogens is 3. The molecule has 1 fully saturated rings. The smallest absolute Gasteiger partial charge is 0.425 e. The summed E-state index contributed by atoms with van der Waals surface area (Å²) in [6.45, 7) is 0.966. The van der Waals surface area contributed by atoms with Gasteiger partial charge >= 0.3 is 6.18 Å². The summed E-state index contributed by atoms with van der Waals surface area (Å²) in [4.78, 5) is 35.7. The minimum absolute atomic E-state index is 0.0188. The topological polar surface area (TPSA) is 106 Å². The SMILES string of the molecule is C[C@@H](Oc1ccc(CNC(=O)c2ccnc(NC(=O)C3CC3)n2)cn1)C(F)(F)F. The molecule has 0 aliphatic heterocycles. The number of pyridine rings is 1. The lowest BCUT2D eigenvalue weighted by molar-refractivity contribution is -0.189. The molecular weight excluding hydrogens is 391 g/mol. The fraction of sp³-hybridized carbons (Fsp3) is 0.389. The minimum Gasteiger partial charge on any atom is -0.465 e. The zero-order valence-electron chi connectivity index (χ0n) is 15.4. The van der Waals surface area contributed by atoms with Gasteiger partial charge in [0.15, 0.2) is 6.10 Å². The molecule has 1 aliphatic carbocycles. The van der Waals surface area contributed by atoms with Crippen LogP contribution >= 0.6 is 0 Å². The first-order valence-electron chi connectivity index (χ1n) is 8.83. The molecule has 0 unspecified atom stereocenters. The van der Waals surface area contributed by atoms with Crippen LogP contribution in [0.25, 0.3) is 0 Å². The van der Waals surface area contributed by atoms with Crippen molar-refractivity contribution >= 4 is 17.8 Å². The molecule has 2 amide bonds. The standard InChI is InChI=1S/C18H18F3N5O3/c1-10(18(19,20)21)29-14-5-2-11(8-23-14)9-24-16(28)13-6-7-22-17(25-13)26-15(27)12-3-4-12/h2,5-8,10,12H,3-4,9H2,1H3,(H,24,28)(H,22,25,26,27)/t10-/m1/s1. The number of anilines is 1. The number of alkyl halides is 3. The number of nitrogens with one attached hydrogen (secondary N) is 2. The minimum atomic E-state index is -4.48. The monoisotopic (exact) mass is 409 g/mol. The number of halogens is 3. The van der Waals surface area contributed by atoms with Crippen LogP contribution in [0.5, 0.6) is 5.88 Å². The Morgan fingerprint density at radius 2 is 2.00 bits per heavy atom. The van der Waals surface area contributed by atoms with Gasteiger partial charge in [-0.3, -0.25) is 14.9 Å². The van der Waals surface area contributed by atoms with Crippen molar-refractivity contribution in [2.24, 2.45) is 5.92 Å². The van der Waals surface area contributed by atoms with E-state index >= 15 is 0 Å². The molecule has 2 aromatic rings. The van der Waals surface area contributed by atoms with Crippen LogP contribution in [0.1, 0.15) is 35.8 Å². The molecule has 3 rings (SSSR count). The molecule has 154 valence electrons. The summed E-state index contributed by atoms with van der Waals surface area (Å²) in [7, 11) is 0. The molecule has 0 aromatic carbocycles. The first-order valence-corrected chi connectivity index (χ1v) is 8.83. The van der Waals surface area contributed by atoms with Crippen molar-refractivity contribution in [1.82, 2.24) is 20.3 Å². The molecule has 1 aliphatic rings. The molecule has 11 heteroatoms. The number of rotatable bonds is 7. The van der Waals surface area contributed by atoms with Gasteiger partial charge in [0, 0.05) is 30.9 Å². The molecule has 2 aromatic heterocycles. The fourth-order valence-corrected chi connectivity index (χ4v) is 2.21. The number of ether oxygens (including phenoxy) is 1. The van der Waals surface area contributed by atoms with Gasteiger partial charge in [-0.2, -0.15) is 13.2 Å². The number of carbonyl (C=O) groups is 2. The average molecular weight is 409 g/mol. The lowest BCUT2D eigenvalue weighted by Gasteiger charge is -2.16. The van der Waals surface area contributed by atoms with Crippen molar-refractivity contribution in [2.45, 2.75) is 38.6 Å². The molecule has 2 N–H and O–H groups in total. The summed E-state index contributed by atoms with van der Waals surface area (Å²) in [5.74, 6) is -0.806. The van der Waals surface area contributed by atoms with E-state index in [4.69, 9.17) is 4.74 Å². The normalized spacial score (nSPS) is 14.8. The molecular formula is C18H18F3N5O3. The van der Waals surface area contributed by atoms with Gasteiger partial charge in [0.25, 0.3) is 5.91 Å². The highest BCUT2D eigenvalue weighted by Crippen LogP contribution is 2.29. The van der Waals surface area contributed by atoms with Crippen LogP contribution < -0.4 is 15.4 Å². The summed E-state index contributed by atoms with van der Waals surface area (Å²) in [6, 6.07) is 4.18. The maximum absolute atomic E-state index is 12.5. The van der Waals surface area contributed by atoms with Gasteiger partial charge in [-0.1, -0.05) is 6.07 Å². The second kappa shape index (κ2) is 8.41. The molecule has 1 saturated carbocycles. The van der Waals surface area contributed by atoms with Crippen LogP contribution in [0.2, 0.25) is 0 Å². The molecule has 8 nitrogen and oxygen atoms in total. The number of hydrogen-bond acceptors (Lipinski definition) is 6. The summed E-state index contributed by atoms with van der Waals surface area (Å²) in [5, 5.41) is 5.17. The lowest BCUT2D eigenvalue weighted by Crippen LogP contribution is -2.31. The molecule has 0 radical (unpaired) electrons. The molecule has 0 bridgehead atoms. The summed E-state index contributed by atoms with van der Waals surface area (Å²) >= 11 is 0. The summed E-state index contributed by atoms with van der Waals surface area (Å²) < 4.78 is 42.2. The van der Waals surface area contributed by atoms with Crippen molar-refractivity contribution < 1.29 is 27.5 Å². The highest BCUT2D eigenvalue weighted by Gasteiger charge is 2.38. The van der Waals surface area contributed by atoms with Gasteiger partial charge in [0.05, 0.1) is 0 Å². The Labute approximate surface area is 163 Å². The van der Waals surface area contributed by atoms with Gasteiger partial charge < -0.3 is 10.1 Å². The van der Waals surface area contributed by atoms with E-state index in [1.807, 2.05) is 0 Å². The van der Waals surface area contributed by atoms with Crippen LogP contribution in [0, 0.1) is 5.92 Å². The summed E-state index contributed by atoms with van der Waals surface area (Å²) in [5.41, 5.74) is 0.625. The number of amides is 2. The van der Waals surface area contributed by atoms with Crippen LogP contribution in [0.3, 0.4) is 0 Å². The Morgan fingerprint density at radius 3 is 2.62 bits per heavy atom. The van der Waals surface area contributed by atoms with E-state index < -0.39 is 18.2 Å². The largest absolute Gasteiger partial charge is 0.465 e. The summed E-state index contributed by atoms with van der Waals surface area (Å²) in [6.07, 6.45) is -2.13. The van der Waals surface area contributed by atoms with Crippen molar-refractivity contribution in [3.05, 3.63) is 41.9 Å². The number of carbonyl (C=O) groups excluding carboxylic acids is 2. The quantitative estimate of drug-likeness (QED) is 0.728. The fourth-order valence-electron chi connectivity index (χ4n) is 2.21. The van der Waals surface area contributed by atoms with Crippen molar-refractivity contribution in [1.29, 1.82) is 0 Å². The maximum Gasteiger partial charge on any atom is 0.425 e. The molecule has 1 atom stereocenters. The Bertz CT molecular complexity index is 885. The van der Waals surface area contributed by atoms with E-state index in [-0.39, 0.29) is 35.9 Å². The predicted octanol–water partition coefficient (Wildman–Crippen LogP) is 2.48. The van der Waals surface area contributed by atoms with E-state index in [2.05, 4.69) is 25.6 Å². The molecule has 0 saturated heterocycles. The highest BCUT2D eigenvalue weighted by atomic mass is 19.4. The average Bonchev–Trinajstić information content (AvgIpc) is 3.52. The number of nitrogens with zero attached hydrogens (tertiary/aromatic N) is 3. The van der Waals surface area contributed by atoms with Crippen LogP contribution in [-0.2, 0) is 11.3 Å². The van der Waals surface area contributed by atoms with E-state index in [0.29, 0.717) is 5.56 Å². The van der Waals surface area contributed by atoms with Crippen LogP contribution in [0.4, 0.5) is 19.1 Å². The van der Waals surface area contributed by atoms with Crippen LogP contribution in [0.15, 0.2) is 30.6 Å². The lowest BCUT2D eigenvalue weighted by atomic mass is 10.2. The Balaban J connectivity index is 1.53. The zero-order valence-corrected chi connectivity index (χ0v) is 15.4. The van der Waals surface area contributed by atoms with Gasteiger partial charge in [0.1, 0.15) is 5.69 Å². The van der Waals surface area contributed by atoms with Gasteiger partial charge in [0.2, 0.25) is 17.7 Å². The molecule has 0 spiro atoms. The van der Waals surface area contributed by atoms with E-state index in [1.165, 1.54) is 30.6 Å². The Morgan fingerprint density at radius 1 is 1.24 bits per heavy atom. The van der Waals surface area contributed by atoms with Gasteiger partial charge in [-0.05, 0) is 31.4 Å². The number of hydrogen-bond donors (Lipinski definition) is 2. The Hall–Kier alpha value is -3.24. The van der Waals surface area contributed by atoms with Gasteiger partial charge in [-0.25, -0.2) is 15.0 Å². The van der Waals surface area contributed by atoms with E-state index in [9.17, 15) is 22.8 Å². The van der Waals surface area contributed by atoms with Crippen molar-refractivity contribution in [3.63, 3.8) is 0 Å². The third kappa shape index (κ3) is 5.87. The van der Waals surface area contributed by atoms with Crippen molar-refractivity contribution in [2.75, 3.05) is 5.32 Å². The second-order valence-corrected chi connectivity index (χ2v) is 6.52. The first-order chi connectivity index (χ1) is 13.7. The first kappa shape index (κ1) is 20.5. The second-order valence-electron chi connectivity index (χ2n) is 6.52. The van der Waals surface area contributed by atoms with Crippen LogP contribution in [-0.4, -0.2) is 39.0 Å². The third-order valence-electron chi connectivity index (χ3n) is 4.08. The van der Waals surface area contributed by atoms with E-state index in [0.717, 1.165) is 19.8 Å². The molecule has 29 heavy (non-hydrogen) atoms. The zero-order chi connectivity index (χ0) is 21.0. The maximum atomic E-state index is 12.5.